The van der Waals surface area contributed by atoms with Crippen LogP contribution in [0.3, 0.4) is 0 Å². The molecule has 0 spiro atoms. The summed E-state index contributed by atoms with van der Waals surface area (Å²) >= 11 is 1.59. The van der Waals surface area contributed by atoms with Gasteiger partial charge in [0.2, 0.25) is 5.91 Å². The lowest BCUT2D eigenvalue weighted by molar-refractivity contribution is -0.115. The monoisotopic (exact) mass is 391 g/mol. The van der Waals surface area contributed by atoms with E-state index in [-0.39, 0.29) is 12.3 Å². The second-order valence-electron chi connectivity index (χ2n) is 6.62. The van der Waals surface area contributed by atoms with Crippen LogP contribution in [0.15, 0.2) is 41.8 Å². The number of carbonyl (C=O) groups excluding carboxylic acids is 1. The number of para-hydroxylation sites is 1. The molecule has 3 aromatic heterocycles. The van der Waals surface area contributed by atoms with Crippen LogP contribution >= 0.6 is 11.3 Å². The topological polar surface area (TPSA) is 72.2 Å². The zero-order valence-electron chi connectivity index (χ0n) is 16.1. The molecule has 6 nitrogen and oxygen atoms in total. The van der Waals surface area contributed by atoms with Crippen LogP contribution in [0.1, 0.15) is 29.4 Å². The van der Waals surface area contributed by atoms with Crippen molar-refractivity contribution in [3.05, 3.63) is 64.3 Å². The zero-order chi connectivity index (χ0) is 19.7. The van der Waals surface area contributed by atoms with Crippen molar-refractivity contribution < 1.29 is 4.79 Å². The molecule has 0 unspecified atom stereocenters. The maximum Gasteiger partial charge on any atom is 0.253 e. The van der Waals surface area contributed by atoms with Crippen LogP contribution in [0.25, 0.3) is 16.5 Å². The largest absolute Gasteiger partial charge is 0.326 e. The van der Waals surface area contributed by atoms with Crippen molar-refractivity contribution in [1.29, 1.82) is 0 Å². The molecule has 28 heavy (non-hydrogen) atoms. The number of aryl methyl sites for hydroxylation is 3. The highest BCUT2D eigenvalue weighted by molar-refractivity contribution is 7.13. The molecule has 0 bridgehead atoms. The van der Waals surface area contributed by atoms with E-state index in [0.717, 1.165) is 39.5 Å². The first-order valence-electron chi connectivity index (χ1n) is 9.21. The summed E-state index contributed by atoms with van der Waals surface area (Å²) in [6, 6.07) is 11.8. The first-order chi connectivity index (χ1) is 13.6. The van der Waals surface area contributed by atoms with Gasteiger partial charge in [0, 0.05) is 22.6 Å². The fraction of sp³-hybridized carbons (Fsp3) is 0.238. The van der Waals surface area contributed by atoms with E-state index in [4.69, 9.17) is 0 Å². The van der Waals surface area contributed by atoms with Gasteiger partial charge in [-0.3, -0.25) is 4.79 Å². The Bertz CT molecular complexity index is 1150. The first kappa shape index (κ1) is 18.3. The van der Waals surface area contributed by atoms with E-state index in [0.29, 0.717) is 11.6 Å². The van der Waals surface area contributed by atoms with Gasteiger partial charge in [-0.2, -0.15) is 4.98 Å². The molecule has 0 aliphatic rings. The Balaban J connectivity index is 1.64. The molecule has 1 aromatic carbocycles. The minimum Gasteiger partial charge on any atom is -0.326 e. The quantitative estimate of drug-likeness (QED) is 0.553. The fourth-order valence-corrected chi connectivity index (χ4v) is 3.93. The number of fused-ring (bicyclic) bond motifs is 1. The van der Waals surface area contributed by atoms with Crippen LogP contribution in [0.4, 0.5) is 5.69 Å². The number of thiophene rings is 1. The van der Waals surface area contributed by atoms with Crippen molar-refractivity contribution in [1.82, 2.24) is 19.6 Å². The molecule has 0 aliphatic carbocycles. The number of amides is 1. The second kappa shape index (κ2) is 7.52. The van der Waals surface area contributed by atoms with E-state index in [1.165, 1.54) is 0 Å². The minimum absolute atomic E-state index is 0.0631. The lowest BCUT2D eigenvalue weighted by Crippen LogP contribution is -2.18. The Morgan fingerprint density at radius 2 is 1.96 bits per heavy atom. The molecule has 0 radical (unpaired) electrons. The Morgan fingerprint density at radius 1 is 1.14 bits per heavy atom. The molecule has 0 atom stereocenters. The highest BCUT2D eigenvalue weighted by atomic mass is 32.1. The number of hydrogen-bond donors (Lipinski definition) is 1. The predicted octanol–water partition coefficient (Wildman–Crippen LogP) is 4.21. The van der Waals surface area contributed by atoms with Crippen molar-refractivity contribution in [2.24, 2.45) is 0 Å². The summed E-state index contributed by atoms with van der Waals surface area (Å²) in [6.07, 6.45) is 1.11. The number of carbonyl (C=O) groups is 1. The molecule has 3 heterocycles. The summed E-state index contributed by atoms with van der Waals surface area (Å²) < 4.78 is 1.73. The summed E-state index contributed by atoms with van der Waals surface area (Å²) in [5.41, 5.74) is 4.54. The highest BCUT2D eigenvalue weighted by Gasteiger charge is 2.17. The minimum atomic E-state index is -0.0631. The summed E-state index contributed by atoms with van der Waals surface area (Å²) in [7, 11) is 0. The zero-order valence-corrected chi connectivity index (χ0v) is 16.9. The van der Waals surface area contributed by atoms with Crippen LogP contribution < -0.4 is 5.32 Å². The fourth-order valence-electron chi connectivity index (χ4n) is 3.28. The Labute approximate surface area is 167 Å². The third kappa shape index (κ3) is 3.41. The smallest absolute Gasteiger partial charge is 0.253 e. The third-order valence-electron chi connectivity index (χ3n) is 4.80. The maximum atomic E-state index is 12.7. The molecule has 4 aromatic rings. The standard InChI is InChI=1S/C21H21N5OS/c1-4-15-8-5-6-9-17(15)23-19(27)12-16-13(2)22-21-24-20(18-10-7-11-28-18)25-26(21)14(16)3/h5-11H,4,12H2,1-3H3,(H,23,27). The maximum absolute atomic E-state index is 12.7. The molecule has 0 fully saturated rings. The van der Waals surface area contributed by atoms with E-state index in [1.54, 1.807) is 15.9 Å². The Kier molecular flexibility index (Phi) is 4.92. The molecular formula is C21H21N5OS. The summed E-state index contributed by atoms with van der Waals surface area (Å²) in [6.45, 7) is 5.94. The molecule has 142 valence electrons. The number of aromatic nitrogens is 4. The van der Waals surface area contributed by atoms with Gasteiger partial charge in [-0.15, -0.1) is 16.4 Å². The number of nitrogens with zero attached hydrogens (tertiary/aromatic N) is 4. The van der Waals surface area contributed by atoms with Crippen LogP contribution in [-0.2, 0) is 17.6 Å². The van der Waals surface area contributed by atoms with Gasteiger partial charge in [0.1, 0.15) is 0 Å². The number of benzene rings is 1. The average Bonchev–Trinajstić information content (AvgIpc) is 3.35. The highest BCUT2D eigenvalue weighted by Crippen LogP contribution is 2.23. The van der Waals surface area contributed by atoms with Crippen LogP contribution in [0.5, 0.6) is 0 Å². The van der Waals surface area contributed by atoms with E-state index >= 15 is 0 Å². The van der Waals surface area contributed by atoms with Gasteiger partial charge >= 0.3 is 0 Å². The van der Waals surface area contributed by atoms with Gasteiger partial charge in [0.15, 0.2) is 5.82 Å². The molecule has 0 saturated carbocycles. The molecule has 4 rings (SSSR count). The number of nitrogens with one attached hydrogen (secondary N) is 1. The first-order valence-corrected chi connectivity index (χ1v) is 10.1. The molecule has 7 heteroatoms. The van der Waals surface area contributed by atoms with Crippen molar-refractivity contribution in [2.75, 3.05) is 5.32 Å². The average molecular weight is 392 g/mol. The van der Waals surface area contributed by atoms with Gasteiger partial charge < -0.3 is 5.32 Å². The number of anilines is 1. The molecule has 1 amide bonds. The van der Waals surface area contributed by atoms with Crippen LogP contribution in [0, 0.1) is 13.8 Å². The van der Waals surface area contributed by atoms with Gasteiger partial charge in [-0.25, -0.2) is 9.50 Å². The van der Waals surface area contributed by atoms with E-state index in [2.05, 4.69) is 27.3 Å². The predicted molar refractivity (Wildman–Crippen MR) is 112 cm³/mol. The van der Waals surface area contributed by atoms with Gasteiger partial charge in [0.25, 0.3) is 5.78 Å². The van der Waals surface area contributed by atoms with Crippen molar-refractivity contribution in [3.63, 3.8) is 0 Å². The number of rotatable bonds is 5. The van der Waals surface area contributed by atoms with Gasteiger partial charge in [-0.1, -0.05) is 31.2 Å². The summed E-state index contributed by atoms with van der Waals surface area (Å²) in [5.74, 6) is 1.15. The summed E-state index contributed by atoms with van der Waals surface area (Å²) in [4.78, 5) is 22.8. The molecule has 0 saturated heterocycles. The summed E-state index contributed by atoms with van der Waals surface area (Å²) in [5, 5.41) is 9.62. The second-order valence-corrected chi connectivity index (χ2v) is 7.57. The van der Waals surface area contributed by atoms with Gasteiger partial charge in [-0.05, 0) is 43.3 Å². The van der Waals surface area contributed by atoms with Crippen molar-refractivity contribution in [2.45, 2.75) is 33.6 Å². The van der Waals surface area contributed by atoms with E-state index in [9.17, 15) is 4.79 Å². The Hall–Kier alpha value is -3.06. The number of hydrogen-bond acceptors (Lipinski definition) is 5. The third-order valence-corrected chi connectivity index (χ3v) is 5.67. The van der Waals surface area contributed by atoms with Crippen molar-refractivity contribution >= 4 is 28.7 Å². The SMILES string of the molecule is CCc1ccccc1NC(=O)Cc1c(C)nc2nc(-c3cccs3)nn2c1C. The van der Waals surface area contributed by atoms with Gasteiger partial charge in [0.05, 0.1) is 11.3 Å². The van der Waals surface area contributed by atoms with Crippen LogP contribution in [-0.4, -0.2) is 25.5 Å². The normalized spacial score (nSPS) is 11.1. The Morgan fingerprint density at radius 3 is 2.71 bits per heavy atom. The lowest BCUT2D eigenvalue weighted by atomic mass is 10.1. The molecular weight excluding hydrogens is 370 g/mol. The lowest BCUT2D eigenvalue weighted by Gasteiger charge is -2.12. The van der Waals surface area contributed by atoms with E-state index in [1.807, 2.05) is 55.6 Å². The van der Waals surface area contributed by atoms with Crippen LogP contribution in [0.2, 0.25) is 0 Å². The molecule has 0 aliphatic heterocycles. The molecule has 1 N–H and O–H groups in total. The van der Waals surface area contributed by atoms with Crippen molar-refractivity contribution in [3.8, 4) is 10.7 Å². The van der Waals surface area contributed by atoms with E-state index < -0.39 is 0 Å².